The Morgan fingerprint density at radius 2 is 2.18 bits per heavy atom. The molecule has 2 N–H and O–H groups in total. The second-order valence-corrected chi connectivity index (χ2v) is 5.91. The molecule has 0 aromatic carbocycles. The van der Waals surface area contributed by atoms with E-state index in [1.54, 1.807) is 6.20 Å². The molecule has 1 unspecified atom stereocenters. The molecule has 17 heavy (non-hydrogen) atoms. The van der Waals surface area contributed by atoms with Gasteiger partial charge in [0.25, 0.3) is 0 Å². The van der Waals surface area contributed by atoms with Crippen LogP contribution in [0.15, 0.2) is 12.3 Å². The van der Waals surface area contributed by atoms with Gasteiger partial charge in [0.2, 0.25) is 10.0 Å². The molecule has 1 atom stereocenters. The Labute approximate surface area is 102 Å². The third-order valence-electron chi connectivity index (χ3n) is 2.47. The van der Waals surface area contributed by atoms with Crippen molar-refractivity contribution in [3.05, 3.63) is 18.0 Å². The maximum atomic E-state index is 10.8. The predicted octanol–water partition coefficient (Wildman–Crippen LogP) is 0.0100. The zero-order valence-corrected chi connectivity index (χ0v) is 11.3. The van der Waals surface area contributed by atoms with Crippen LogP contribution in [0, 0.1) is 0 Å². The Morgan fingerprint density at radius 3 is 2.71 bits per heavy atom. The first-order chi connectivity index (χ1) is 7.90. The summed E-state index contributed by atoms with van der Waals surface area (Å²) < 4.78 is 25.9. The van der Waals surface area contributed by atoms with E-state index in [0.717, 1.165) is 18.7 Å². The summed E-state index contributed by atoms with van der Waals surface area (Å²) in [4.78, 5) is 0. The SMILES string of the molecule is CC(NCCCNS(C)(=O)=O)c1ccnn1C. The first-order valence-corrected chi connectivity index (χ1v) is 7.45. The van der Waals surface area contributed by atoms with E-state index >= 15 is 0 Å². The maximum Gasteiger partial charge on any atom is 0.208 e. The molecule has 0 saturated carbocycles. The van der Waals surface area contributed by atoms with Gasteiger partial charge >= 0.3 is 0 Å². The molecule has 7 heteroatoms. The molecule has 0 saturated heterocycles. The van der Waals surface area contributed by atoms with Crippen LogP contribution in [-0.2, 0) is 17.1 Å². The molecule has 1 heterocycles. The van der Waals surface area contributed by atoms with Crippen molar-refractivity contribution in [1.82, 2.24) is 19.8 Å². The first kappa shape index (κ1) is 14.1. The van der Waals surface area contributed by atoms with E-state index in [-0.39, 0.29) is 6.04 Å². The van der Waals surface area contributed by atoms with Gasteiger partial charge in [-0.1, -0.05) is 0 Å². The third kappa shape index (κ3) is 5.29. The van der Waals surface area contributed by atoms with Gasteiger partial charge in [0.15, 0.2) is 0 Å². The molecule has 1 rings (SSSR count). The molecular weight excluding hydrogens is 240 g/mol. The Hall–Kier alpha value is -0.920. The number of sulfonamides is 1. The highest BCUT2D eigenvalue weighted by Gasteiger charge is 2.07. The van der Waals surface area contributed by atoms with Crippen LogP contribution < -0.4 is 10.0 Å². The fourth-order valence-electron chi connectivity index (χ4n) is 1.58. The first-order valence-electron chi connectivity index (χ1n) is 5.56. The van der Waals surface area contributed by atoms with Crippen LogP contribution in [0.25, 0.3) is 0 Å². The summed E-state index contributed by atoms with van der Waals surface area (Å²) in [5, 5.41) is 7.42. The lowest BCUT2D eigenvalue weighted by atomic mass is 10.2. The number of aryl methyl sites for hydroxylation is 1. The van der Waals surface area contributed by atoms with Gasteiger partial charge in [0, 0.05) is 25.8 Å². The maximum absolute atomic E-state index is 10.8. The fraction of sp³-hybridized carbons (Fsp3) is 0.700. The van der Waals surface area contributed by atoms with E-state index < -0.39 is 10.0 Å². The van der Waals surface area contributed by atoms with Gasteiger partial charge in [0.05, 0.1) is 11.9 Å². The Kier molecular flexibility index (Phi) is 5.10. The van der Waals surface area contributed by atoms with Crippen molar-refractivity contribution in [2.24, 2.45) is 7.05 Å². The topological polar surface area (TPSA) is 76.0 Å². The van der Waals surface area contributed by atoms with E-state index in [4.69, 9.17) is 0 Å². The molecule has 0 bridgehead atoms. The number of nitrogens with one attached hydrogen (secondary N) is 2. The summed E-state index contributed by atoms with van der Waals surface area (Å²) in [6.07, 6.45) is 3.69. The van der Waals surface area contributed by atoms with Crippen molar-refractivity contribution in [3.8, 4) is 0 Å². The zero-order chi connectivity index (χ0) is 12.9. The monoisotopic (exact) mass is 260 g/mol. The second kappa shape index (κ2) is 6.13. The van der Waals surface area contributed by atoms with Crippen LogP contribution in [-0.4, -0.2) is 37.5 Å². The van der Waals surface area contributed by atoms with E-state index in [9.17, 15) is 8.42 Å². The summed E-state index contributed by atoms with van der Waals surface area (Å²) in [5.74, 6) is 0. The Morgan fingerprint density at radius 1 is 1.47 bits per heavy atom. The summed E-state index contributed by atoms with van der Waals surface area (Å²) >= 11 is 0. The molecule has 0 amide bonds. The highest BCUT2D eigenvalue weighted by Crippen LogP contribution is 2.09. The van der Waals surface area contributed by atoms with Crippen molar-refractivity contribution >= 4 is 10.0 Å². The molecule has 0 spiro atoms. The largest absolute Gasteiger partial charge is 0.309 e. The van der Waals surface area contributed by atoms with Crippen molar-refractivity contribution in [3.63, 3.8) is 0 Å². The minimum atomic E-state index is -3.07. The molecule has 0 aliphatic heterocycles. The highest BCUT2D eigenvalue weighted by atomic mass is 32.2. The van der Waals surface area contributed by atoms with Gasteiger partial charge in [-0.3, -0.25) is 4.68 Å². The van der Waals surface area contributed by atoms with Gasteiger partial charge in [-0.15, -0.1) is 0 Å². The van der Waals surface area contributed by atoms with E-state index in [2.05, 4.69) is 22.1 Å². The lowest BCUT2D eigenvalue weighted by Gasteiger charge is -2.14. The smallest absolute Gasteiger partial charge is 0.208 e. The number of aromatic nitrogens is 2. The molecule has 0 radical (unpaired) electrons. The average molecular weight is 260 g/mol. The number of hydrogen-bond donors (Lipinski definition) is 2. The van der Waals surface area contributed by atoms with Crippen LogP contribution in [0.3, 0.4) is 0 Å². The molecule has 1 aromatic heterocycles. The Bertz CT molecular complexity index is 441. The summed E-state index contributed by atoms with van der Waals surface area (Å²) in [6.45, 7) is 3.28. The number of hydrogen-bond acceptors (Lipinski definition) is 4. The van der Waals surface area contributed by atoms with Gasteiger partial charge in [-0.2, -0.15) is 5.10 Å². The van der Waals surface area contributed by atoms with Crippen LogP contribution in [0.1, 0.15) is 25.1 Å². The quantitative estimate of drug-likeness (QED) is 0.677. The molecule has 98 valence electrons. The predicted molar refractivity (Wildman–Crippen MR) is 67.1 cm³/mol. The van der Waals surface area contributed by atoms with Gasteiger partial charge in [-0.05, 0) is 26.0 Å². The Balaban J connectivity index is 2.22. The highest BCUT2D eigenvalue weighted by molar-refractivity contribution is 7.88. The van der Waals surface area contributed by atoms with Gasteiger partial charge in [-0.25, -0.2) is 13.1 Å². The lowest BCUT2D eigenvalue weighted by molar-refractivity contribution is 0.518. The van der Waals surface area contributed by atoms with Crippen molar-refractivity contribution in [1.29, 1.82) is 0 Å². The molecule has 6 nitrogen and oxygen atoms in total. The minimum Gasteiger partial charge on any atom is -0.309 e. The second-order valence-electron chi connectivity index (χ2n) is 4.08. The zero-order valence-electron chi connectivity index (χ0n) is 10.5. The van der Waals surface area contributed by atoms with Crippen molar-refractivity contribution < 1.29 is 8.42 Å². The molecule has 0 aliphatic rings. The van der Waals surface area contributed by atoms with E-state index in [1.807, 2.05) is 17.8 Å². The third-order valence-corrected chi connectivity index (χ3v) is 3.20. The van der Waals surface area contributed by atoms with E-state index in [1.165, 1.54) is 6.26 Å². The van der Waals surface area contributed by atoms with Crippen molar-refractivity contribution in [2.75, 3.05) is 19.3 Å². The van der Waals surface area contributed by atoms with Crippen LogP contribution >= 0.6 is 0 Å². The van der Waals surface area contributed by atoms with Crippen LogP contribution in [0.5, 0.6) is 0 Å². The average Bonchev–Trinajstić information content (AvgIpc) is 2.62. The normalized spacial score (nSPS) is 13.8. The summed E-state index contributed by atoms with van der Waals surface area (Å²) in [5.41, 5.74) is 1.11. The van der Waals surface area contributed by atoms with Gasteiger partial charge in [0.1, 0.15) is 0 Å². The fourth-order valence-corrected chi connectivity index (χ4v) is 2.09. The summed E-state index contributed by atoms with van der Waals surface area (Å²) in [6, 6.07) is 2.17. The van der Waals surface area contributed by atoms with Crippen LogP contribution in [0.2, 0.25) is 0 Å². The minimum absolute atomic E-state index is 0.209. The number of nitrogens with zero attached hydrogens (tertiary/aromatic N) is 2. The molecule has 0 aliphatic carbocycles. The van der Waals surface area contributed by atoms with Crippen LogP contribution in [0.4, 0.5) is 0 Å². The van der Waals surface area contributed by atoms with Crippen molar-refractivity contribution in [2.45, 2.75) is 19.4 Å². The molecule has 0 fully saturated rings. The number of rotatable bonds is 7. The standard InChI is InChI=1S/C10H20N4O2S/c1-9(10-5-8-12-14(10)2)11-6-4-7-13-17(3,15)16/h5,8-9,11,13H,4,6-7H2,1-3H3. The molecular formula is C10H20N4O2S. The summed E-state index contributed by atoms with van der Waals surface area (Å²) in [7, 11) is -1.17. The molecule has 1 aromatic rings. The van der Waals surface area contributed by atoms with Gasteiger partial charge < -0.3 is 5.32 Å². The lowest BCUT2D eigenvalue weighted by Crippen LogP contribution is -2.28. The van der Waals surface area contributed by atoms with E-state index in [0.29, 0.717) is 6.54 Å².